The molecule has 0 amide bonds. The Morgan fingerprint density at radius 2 is 2.31 bits per heavy atom. The van der Waals surface area contributed by atoms with Crippen LogP contribution in [0.5, 0.6) is 0 Å². The van der Waals surface area contributed by atoms with E-state index in [4.69, 9.17) is 16.8 Å². The lowest BCUT2D eigenvalue weighted by atomic mass is 10.2. The average molecular weight is 200 g/mol. The Bertz CT molecular complexity index is 349. The molecule has 0 aliphatic heterocycles. The minimum Gasteiger partial charge on any atom is -0.411 e. The lowest BCUT2D eigenvalue weighted by Crippen LogP contribution is -1.80. The molecule has 0 atom stereocenters. The maximum absolute atomic E-state index is 12.7. The van der Waals surface area contributed by atoms with Crippen LogP contribution in [-0.4, -0.2) is 11.4 Å². The van der Waals surface area contributed by atoms with E-state index in [-0.39, 0.29) is 5.82 Å². The van der Waals surface area contributed by atoms with Crippen molar-refractivity contribution in [3.05, 3.63) is 41.7 Å². The molecule has 0 bridgehead atoms. The van der Waals surface area contributed by atoms with Crippen molar-refractivity contribution in [3.8, 4) is 0 Å². The Labute approximate surface area is 79.9 Å². The van der Waals surface area contributed by atoms with Crippen LogP contribution in [-0.2, 0) is 0 Å². The first-order chi connectivity index (χ1) is 6.24. The van der Waals surface area contributed by atoms with Crippen LogP contribution in [0, 0.1) is 5.82 Å². The second kappa shape index (κ2) is 4.62. The van der Waals surface area contributed by atoms with Crippen LogP contribution < -0.4 is 0 Å². The van der Waals surface area contributed by atoms with Gasteiger partial charge in [-0.3, -0.25) is 0 Å². The molecular weight excluding hydrogens is 193 g/mol. The molecule has 0 radical (unpaired) electrons. The Balaban J connectivity index is 2.94. The first-order valence-corrected chi connectivity index (χ1v) is 3.91. The number of rotatable bonds is 2. The zero-order valence-electron chi connectivity index (χ0n) is 6.61. The molecule has 0 heterocycles. The van der Waals surface area contributed by atoms with Crippen molar-refractivity contribution in [3.63, 3.8) is 0 Å². The summed E-state index contributed by atoms with van der Waals surface area (Å²) >= 11 is 5.75. The van der Waals surface area contributed by atoms with Crippen LogP contribution in [0.4, 0.5) is 4.39 Å². The standard InChI is InChI=1S/C9H7ClFNO/c10-9(4-5-12-13)7-2-1-3-8(11)6-7/h1-6,13H/b9-4-,12-5+. The third kappa shape index (κ3) is 2.87. The average Bonchev–Trinajstić information content (AvgIpc) is 2.14. The molecule has 68 valence electrons. The lowest BCUT2D eigenvalue weighted by Gasteiger charge is -1.96. The summed E-state index contributed by atoms with van der Waals surface area (Å²) in [5, 5.41) is 11.2. The monoisotopic (exact) mass is 199 g/mol. The van der Waals surface area contributed by atoms with Gasteiger partial charge in [0.1, 0.15) is 5.82 Å². The van der Waals surface area contributed by atoms with Crippen molar-refractivity contribution in [2.45, 2.75) is 0 Å². The Kier molecular flexibility index (Phi) is 3.46. The molecule has 0 saturated carbocycles. The molecule has 0 aromatic heterocycles. The first kappa shape index (κ1) is 9.74. The van der Waals surface area contributed by atoms with E-state index in [1.165, 1.54) is 18.2 Å². The maximum atomic E-state index is 12.7. The molecule has 0 aliphatic rings. The van der Waals surface area contributed by atoms with E-state index in [0.29, 0.717) is 10.6 Å². The highest BCUT2D eigenvalue weighted by Crippen LogP contribution is 2.18. The van der Waals surface area contributed by atoms with Gasteiger partial charge < -0.3 is 5.21 Å². The van der Waals surface area contributed by atoms with Crippen LogP contribution >= 0.6 is 11.6 Å². The van der Waals surface area contributed by atoms with Crippen molar-refractivity contribution in [2.75, 3.05) is 0 Å². The van der Waals surface area contributed by atoms with Crippen molar-refractivity contribution >= 4 is 22.8 Å². The van der Waals surface area contributed by atoms with E-state index < -0.39 is 0 Å². The molecular formula is C9H7ClFNO. The van der Waals surface area contributed by atoms with Crippen molar-refractivity contribution in [2.24, 2.45) is 5.16 Å². The fourth-order valence-corrected chi connectivity index (χ4v) is 1.01. The second-order valence-electron chi connectivity index (χ2n) is 2.29. The minimum atomic E-state index is -0.356. The lowest BCUT2D eigenvalue weighted by molar-refractivity contribution is 0.322. The van der Waals surface area contributed by atoms with Crippen LogP contribution in [0.25, 0.3) is 5.03 Å². The largest absolute Gasteiger partial charge is 0.411 e. The maximum Gasteiger partial charge on any atom is 0.123 e. The molecule has 4 heteroatoms. The number of hydrogen-bond donors (Lipinski definition) is 1. The smallest absolute Gasteiger partial charge is 0.123 e. The van der Waals surface area contributed by atoms with Gasteiger partial charge in [-0.1, -0.05) is 28.9 Å². The summed E-state index contributed by atoms with van der Waals surface area (Å²) in [6, 6.07) is 5.84. The zero-order chi connectivity index (χ0) is 9.68. The summed E-state index contributed by atoms with van der Waals surface area (Å²) in [7, 11) is 0. The highest BCUT2D eigenvalue weighted by atomic mass is 35.5. The van der Waals surface area contributed by atoms with Gasteiger partial charge in [0, 0.05) is 5.03 Å². The molecule has 0 unspecified atom stereocenters. The second-order valence-corrected chi connectivity index (χ2v) is 2.70. The molecule has 1 aromatic carbocycles. The van der Waals surface area contributed by atoms with Gasteiger partial charge in [0.25, 0.3) is 0 Å². The molecule has 1 N–H and O–H groups in total. The summed E-state index contributed by atoms with van der Waals surface area (Å²) in [4.78, 5) is 0. The normalized spacial score (nSPS) is 12.3. The molecule has 13 heavy (non-hydrogen) atoms. The van der Waals surface area contributed by atoms with Crippen molar-refractivity contribution in [1.82, 2.24) is 0 Å². The zero-order valence-corrected chi connectivity index (χ0v) is 7.37. The van der Waals surface area contributed by atoms with Crippen LogP contribution in [0.15, 0.2) is 35.5 Å². The number of benzene rings is 1. The van der Waals surface area contributed by atoms with Gasteiger partial charge in [0.15, 0.2) is 0 Å². The third-order valence-electron chi connectivity index (χ3n) is 1.39. The Morgan fingerprint density at radius 3 is 2.92 bits per heavy atom. The van der Waals surface area contributed by atoms with E-state index in [9.17, 15) is 4.39 Å². The number of halogens is 2. The third-order valence-corrected chi connectivity index (χ3v) is 1.73. The van der Waals surface area contributed by atoms with Gasteiger partial charge >= 0.3 is 0 Å². The van der Waals surface area contributed by atoms with Crippen molar-refractivity contribution in [1.29, 1.82) is 0 Å². The van der Waals surface area contributed by atoms with Crippen LogP contribution in [0.2, 0.25) is 0 Å². The number of nitrogens with zero attached hydrogens (tertiary/aromatic N) is 1. The first-order valence-electron chi connectivity index (χ1n) is 3.53. The Hall–Kier alpha value is -1.35. The quantitative estimate of drug-likeness (QED) is 0.443. The van der Waals surface area contributed by atoms with Gasteiger partial charge in [-0.2, -0.15) is 0 Å². The van der Waals surface area contributed by atoms with Crippen LogP contribution in [0.1, 0.15) is 5.56 Å². The fraction of sp³-hybridized carbons (Fsp3) is 0. The molecule has 0 saturated heterocycles. The van der Waals surface area contributed by atoms with Gasteiger partial charge in [-0.25, -0.2) is 4.39 Å². The topological polar surface area (TPSA) is 32.6 Å². The van der Waals surface area contributed by atoms with Gasteiger partial charge in [-0.15, -0.1) is 0 Å². The van der Waals surface area contributed by atoms with Crippen molar-refractivity contribution < 1.29 is 9.60 Å². The van der Waals surface area contributed by atoms with E-state index in [1.54, 1.807) is 12.1 Å². The molecule has 1 aromatic rings. The summed E-state index contributed by atoms with van der Waals surface area (Å²) in [5.74, 6) is -0.356. The summed E-state index contributed by atoms with van der Waals surface area (Å²) in [6.45, 7) is 0. The van der Waals surface area contributed by atoms with Crippen LogP contribution in [0.3, 0.4) is 0 Å². The summed E-state index contributed by atoms with van der Waals surface area (Å²) in [5.41, 5.74) is 0.543. The molecule has 0 spiro atoms. The molecule has 0 aliphatic carbocycles. The Morgan fingerprint density at radius 1 is 1.54 bits per heavy atom. The van der Waals surface area contributed by atoms with Gasteiger partial charge in [0.05, 0.1) is 6.21 Å². The summed E-state index contributed by atoms with van der Waals surface area (Å²) < 4.78 is 12.7. The number of oxime groups is 1. The molecule has 2 nitrogen and oxygen atoms in total. The predicted octanol–water partition coefficient (Wildman–Crippen LogP) is 2.87. The molecule has 0 fully saturated rings. The number of allylic oxidation sites excluding steroid dienone is 1. The van der Waals surface area contributed by atoms with E-state index in [2.05, 4.69) is 5.16 Å². The molecule has 1 rings (SSSR count). The highest BCUT2D eigenvalue weighted by molar-refractivity contribution is 6.49. The SMILES string of the molecule is O/N=C/C=C(\Cl)c1cccc(F)c1. The number of hydrogen-bond acceptors (Lipinski definition) is 2. The van der Waals surface area contributed by atoms with Gasteiger partial charge in [0.2, 0.25) is 0 Å². The van der Waals surface area contributed by atoms with E-state index >= 15 is 0 Å². The highest BCUT2D eigenvalue weighted by Gasteiger charge is 1.97. The van der Waals surface area contributed by atoms with E-state index in [0.717, 1.165) is 6.21 Å². The fourth-order valence-electron chi connectivity index (χ4n) is 0.832. The van der Waals surface area contributed by atoms with Gasteiger partial charge in [-0.05, 0) is 23.8 Å². The minimum absolute atomic E-state index is 0.317. The van der Waals surface area contributed by atoms with E-state index in [1.807, 2.05) is 0 Å². The summed E-state index contributed by atoms with van der Waals surface area (Å²) in [6.07, 6.45) is 2.49. The predicted molar refractivity (Wildman–Crippen MR) is 50.5 cm³/mol.